The van der Waals surface area contributed by atoms with Crippen LogP contribution in [0, 0.1) is 0 Å². The van der Waals surface area contributed by atoms with E-state index in [9.17, 15) is 13.2 Å². The van der Waals surface area contributed by atoms with E-state index in [0.29, 0.717) is 0 Å². The summed E-state index contributed by atoms with van der Waals surface area (Å²) in [7, 11) is 0. The van der Waals surface area contributed by atoms with Crippen LogP contribution >= 0.6 is 0 Å². The minimum atomic E-state index is -4.51. The van der Waals surface area contributed by atoms with Crippen LogP contribution in [0.25, 0.3) is 11.3 Å². The smallest absolute Gasteiger partial charge is 0.382 e. The third-order valence-electron chi connectivity index (χ3n) is 2.22. The van der Waals surface area contributed by atoms with Crippen molar-refractivity contribution in [3.63, 3.8) is 0 Å². The van der Waals surface area contributed by atoms with Gasteiger partial charge in [-0.05, 0) is 6.07 Å². The third-order valence-corrected chi connectivity index (χ3v) is 2.22. The summed E-state index contributed by atoms with van der Waals surface area (Å²) in [5.74, 6) is -0.389. The predicted molar refractivity (Wildman–Crippen MR) is 59.1 cm³/mol. The highest BCUT2D eigenvalue weighted by atomic mass is 19.4. The van der Waals surface area contributed by atoms with Gasteiger partial charge in [0.15, 0.2) is 5.82 Å². The average molecular weight is 255 g/mol. The summed E-state index contributed by atoms with van der Waals surface area (Å²) >= 11 is 0. The van der Waals surface area contributed by atoms with E-state index in [0.717, 1.165) is 6.07 Å². The number of halogens is 3. The molecule has 0 unspecified atom stereocenters. The summed E-state index contributed by atoms with van der Waals surface area (Å²) in [5, 5.41) is 6.97. The van der Waals surface area contributed by atoms with E-state index in [4.69, 9.17) is 11.5 Å². The first kappa shape index (κ1) is 12.1. The van der Waals surface area contributed by atoms with Gasteiger partial charge in [0.25, 0.3) is 0 Å². The number of nitrogens with zero attached hydrogens (tertiary/aromatic N) is 3. The number of rotatable bonds is 1. The number of hydrogen-bond acceptors (Lipinski definition) is 5. The number of nitrogen functional groups attached to an aromatic ring is 2. The molecule has 1 aromatic carbocycles. The molecule has 0 aliphatic carbocycles. The van der Waals surface area contributed by atoms with E-state index in [-0.39, 0.29) is 23.0 Å². The van der Waals surface area contributed by atoms with Crippen LogP contribution in [0.2, 0.25) is 0 Å². The number of alkyl halides is 3. The van der Waals surface area contributed by atoms with Crippen molar-refractivity contribution in [2.75, 3.05) is 11.5 Å². The SMILES string of the molecule is Nc1nnc(-c2ccccc2C(F)(F)F)c(N)n1. The quantitative estimate of drug-likeness (QED) is 0.809. The first-order valence-electron chi connectivity index (χ1n) is 4.82. The zero-order valence-electron chi connectivity index (χ0n) is 8.94. The molecule has 0 saturated carbocycles. The van der Waals surface area contributed by atoms with Gasteiger partial charge in [0.05, 0.1) is 5.56 Å². The van der Waals surface area contributed by atoms with E-state index >= 15 is 0 Å². The Labute approximate surface area is 99.7 Å². The van der Waals surface area contributed by atoms with Crippen molar-refractivity contribution in [1.82, 2.24) is 15.2 Å². The van der Waals surface area contributed by atoms with Gasteiger partial charge >= 0.3 is 6.18 Å². The Bertz CT molecular complexity index is 582. The van der Waals surface area contributed by atoms with Crippen LogP contribution in [0.3, 0.4) is 0 Å². The summed E-state index contributed by atoms with van der Waals surface area (Å²) < 4.78 is 38.4. The molecule has 8 heteroatoms. The van der Waals surface area contributed by atoms with Gasteiger partial charge in [-0.1, -0.05) is 18.2 Å². The van der Waals surface area contributed by atoms with Crippen LogP contribution in [0.1, 0.15) is 5.56 Å². The molecule has 2 aromatic rings. The van der Waals surface area contributed by atoms with E-state index in [1.165, 1.54) is 18.2 Å². The third kappa shape index (κ3) is 2.17. The summed E-state index contributed by atoms with van der Waals surface area (Å²) in [6.45, 7) is 0. The van der Waals surface area contributed by atoms with Crippen LogP contribution in [0.15, 0.2) is 24.3 Å². The topological polar surface area (TPSA) is 90.7 Å². The molecule has 0 aliphatic heterocycles. The molecule has 0 atom stereocenters. The maximum atomic E-state index is 12.8. The summed E-state index contributed by atoms with van der Waals surface area (Å²) in [6, 6.07) is 4.91. The number of aromatic nitrogens is 3. The minimum absolute atomic E-state index is 0.142. The molecule has 2 rings (SSSR count). The van der Waals surface area contributed by atoms with Gasteiger partial charge in [-0.3, -0.25) is 0 Å². The monoisotopic (exact) mass is 255 g/mol. The van der Waals surface area contributed by atoms with Crippen LogP contribution in [-0.4, -0.2) is 15.2 Å². The van der Waals surface area contributed by atoms with Crippen LogP contribution in [0.4, 0.5) is 24.9 Å². The molecule has 1 aromatic heterocycles. The predicted octanol–water partition coefficient (Wildman–Crippen LogP) is 1.72. The van der Waals surface area contributed by atoms with Crippen molar-refractivity contribution in [1.29, 1.82) is 0 Å². The van der Waals surface area contributed by atoms with Crippen molar-refractivity contribution >= 4 is 11.8 Å². The largest absolute Gasteiger partial charge is 0.417 e. The maximum absolute atomic E-state index is 12.8. The highest BCUT2D eigenvalue weighted by Crippen LogP contribution is 2.37. The summed E-state index contributed by atoms with van der Waals surface area (Å²) in [6.07, 6.45) is -4.51. The van der Waals surface area contributed by atoms with Gasteiger partial charge < -0.3 is 11.5 Å². The van der Waals surface area contributed by atoms with Gasteiger partial charge in [0.1, 0.15) is 5.69 Å². The van der Waals surface area contributed by atoms with E-state index in [2.05, 4.69) is 15.2 Å². The molecular weight excluding hydrogens is 247 g/mol. The Hall–Kier alpha value is -2.38. The number of benzene rings is 1. The van der Waals surface area contributed by atoms with Gasteiger partial charge in [0.2, 0.25) is 5.95 Å². The van der Waals surface area contributed by atoms with Crippen molar-refractivity contribution < 1.29 is 13.2 Å². The summed E-state index contributed by atoms with van der Waals surface area (Å²) in [4.78, 5) is 3.59. The fourth-order valence-electron chi connectivity index (χ4n) is 1.48. The van der Waals surface area contributed by atoms with Crippen LogP contribution in [0.5, 0.6) is 0 Å². The Morgan fingerprint density at radius 3 is 2.28 bits per heavy atom. The molecule has 1 heterocycles. The molecule has 94 valence electrons. The lowest BCUT2D eigenvalue weighted by molar-refractivity contribution is -0.137. The standard InChI is InChI=1S/C10H8F3N5/c11-10(12,13)6-4-2-1-3-5(6)7-8(14)16-9(15)18-17-7/h1-4H,(H4,14,15,16,18). The highest BCUT2D eigenvalue weighted by molar-refractivity contribution is 5.73. The minimum Gasteiger partial charge on any atom is -0.382 e. The van der Waals surface area contributed by atoms with Gasteiger partial charge in [0, 0.05) is 5.56 Å². The van der Waals surface area contributed by atoms with E-state index in [1.807, 2.05) is 0 Å². The van der Waals surface area contributed by atoms with Crippen LogP contribution in [-0.2, 0) is 6.18 Å². The van der Waals surface area contributed by atoms with Crippen molar-refractivity contribution in [2.45, 2.75) is 6.18 Å². The first-order chi connectivity index (χ1) is 8.39. The second kappa shape index (κ2) is 4.13. The van der Waals surface area contributed by atoms with Crippen LogP contribution < -0.4 is 11.5 Å². The Morgan fingerprint density at radius 1 is 1.00 bits per heavy atom. The second-order valence-electron chi connectivity index (χ2n) is 3.45. The highest BCUT2D eigenvalue weighted by Gasteiger charge is 2.34. The molecule has 0 fully saturated rings. The Morgan fingerprint density at radius 2 is 1.67 bits per heavy atom. The van der Waals surface area contributed by atoms with Crippen molar-refractivity contribution in [3.05, 3.63) is 29.8 Å². The molecule has 5 nitrogen and oxygen atoms in total. The molecule has 0 bridgehead atoms. The lowest BCUT2D eigenvalue weighted by atomic mass is 10.0. The van der Waals surface area contributed by atoms with Gasteiger partial charge in [-0.2, -0.15) is 18.2 Å². The fraction of sp³-hybridized carbons (Fsp3) is 0.100. The molecule has 4 N–H and O–H groups in total. The fourth-order valence-corrected chi connectivity index (χ4v) is 1.48. The Balaban J connectivity index is 2.64. The normalized spacial score (nSPS) is 11.5. The molecule has 18 heavy (non-hydrogen) atoms. The molecule has 0 aliphatic rings. The molecule has 0 amide bonds. The van der Waals surface area contributed by atoms with E-state index in [1.54, 1.807) is 0 Å². The number of hydrogen-bond donors (Lipinski definition) is 2. The Kier molecular flexibility index (Phi) is 2.77. The maximum Gasteiger partial charge on any atom is 0.417 e. The zero-order valence-corrected chi connectivity index (χ0v) is 8.94. The van der Waals surface area contributed by atoms with Crippen molar-refractivity contribution in [3.8, 4) is 11.3 Å². The average Bonchev–Trinajstić information content (AvgIpc) is 2.28. The number of anilines is 2. The second-order valence-corrected chi connectivity index (χ2v) is 3.45. The van der Waals surface area contributed by atoms with Gasteiger partial charge in [-0.25, -0.2) is 0 Å². The summed E-state index contributed by atoms with van der Waals surface area (Å²) in [5.41, 5.74) is 9.58. The van der Waals surface area contributed by atoms with Gasteiger partial charge in [-0.15, -0.1) is 10.2 Å². The molecule has 0 saturated heterocycles. The first-order valence-corrected chi connectivity index (χ1v) is 4.82. The molecule has 0 spiro atoms. The molecule has 0 radical (unpaired) electrons. The lowest BCUT2D eigenvalue weighted by Crippen LogP contribution is -2.10. The number of nitrogens with two attached hydrogens (primary N) is 2. The zero-order chi connectivity index (χ0) is 13.3. The molecular formula is C10H8F3N5. The lowest BCUT2D eigenvalue weighted by Gasteiger charge is -2.12. The van der Waals surface area contributed by atoms with Crippen molar-refractivity contribution in [2.24, 2.45) is 0 Å². The van der Waals surface area contributed by atoms with E-state index < -0.39 is 11.7 Å².